The molecule has 0 unspecified atom stereocenters. The standard InChI is InChI=1S/C18H23FN4O/c1-13(2)7-9-21-18(24)16-11-17(23-12-22-16)20-10-8-14-3-5-15(19)6-4-14/h3-6,11-13H,7-10H2,1-2H3,(H,21,24)(H,20,22,23). The van der Waals surface area contributed by atoms with Crippen LogP contribution in [0.25, 0.3) is 0 Å². The van der Waals surface area contributed by atoms with Crippen LogP contribution in [0.2, 0.25) is 0 Å². The highest BCUT2D eigenvalue weighted by molar-refractivity contribution is 5.92. The molecule has 5 nitrogen and oxygen atoms in total. The van der Waals surface area contributed by atoms with Crippen molar-refractivity contribution >= 4 is 11.7 Å². The molecule has 0 fully saturated rings. The number of nitrogens with one attached hydrogen (secondary N) is 2. The van der Waals surface area contributed by atoms with Crippen LogP contribution in [0, 0.1) is 11.7 Å². The molecular formula is C18H23FN4O. The number of hydrogen-bond donors (Lipinski definition) is 2. The van der Waals surface area contributed by atoms with Crippen LogP contribution in [-0.4, -0.2) is 29.0 Å². The first-order valence-electron chi connectivity index (χ1n) is 8.13. The maximum Gasteiger partial charge on any atom is 0.270 e. The van der Waals surface area contributed by atoms with Crippen LogP contribution in [0.15, 0.2) is 36.7 Å². The number of hydrogen-bond acceptors (Lipinski definition) is 4. The van der Waals surface area contributed by atoms with E-state index in [1.54, 1.807) is 18.2 Å². The number of aromatic nitrogens is 2. The molecular weight excluding hydrogens is 307 g/mol. The molecule has 0 radical (unpaired) electrons. The van der Waals surface area contributed by atoms with Gasteiger partial charge in [-0.3, -0.25) is 4.79 Å². The molecule has 1 heterocycles. The molecule has 2 N–H and O–H groups in total. The van der Waals surface area contributed by atoms with Crippen molar-refractivity contribution in [2.75, 3.05) is 18.4 Å². The Hall–Kier alpha value is -2.50. The fourth-order valence-corrected chi connectivity index (χ4v) is 2.13. The third kappa shape index (κ3) is 5.95. The van der Waals surface area contributed by atoms with Crippen LogP contribution in [0.5, 0.6) is 0 Å². The van der Waals surface area contributed by atoms with Crippen molar-refractivity contribution in [2.24, 2.45) is 5.92 Å². The second-order valence-electron chi connectivity index (χ2n) is 6.03. The van der Waals surface area contributed by atoms with Crippen molar-refractivity contribution in [3.63, 3.8) is 0 Å². The molecule has 0 aliphatic rings. The number of carbonyl (C=O) groups is 1. The zero-order valence-electron chi connectivity index (χ0n) is 14.1. The zero-order valence-corrected chi connectivity index (χ0v) is 14.1. The Labute approximate surface area is 141 Å². The van der Waals surface area contributed by atoms with E-state index < -0.39 is 0 Å². The molecule has 0 atom stereocenters. The van der Waals surface area contributed by atoms with Crippen molar-refractivity contribution in [2.45, 2.75) is 26.7 Å². The summed E-state index contributed by atoms with van der Waals surface area (Å²) in [6.07, 6.45) is 3.04. The Bertz CT molecular complexity index is 658. The first kappa shape index (κ1) is 17.8. The SMILES string of the molecule is CC(C)CCNC(=O)c1cc(NCCc2ccc(F)cc2)ncn1. The largest absolute Gasteiger partial charge is 0.370 e. The number of rotatable bonds is 8. The number of nitrogens with zero attached hydrogens (tertiary/aromatic N) is 2. The summed E-state index contributed by atoms with van der Waals surface area (Å²) in [5, 5.41) is 6.00. The van der Waals surface area contributed by atoms with Crippen LogP contribution in [0.1, 0.15) is 36.3 Å². The third-order valence-corrected chi connectivity index (χ3v) is 3.54. The topological polar surface area (TPSA) is 66.9 Å². The van der Waals surface area contributed by atoms with E-state index >= 15 is 0 Å². The highest BCUT2D eigenvalue weighted by atomic mass is 19.1. The van der Waals surface area contributed by atoms with Crippen molar-refractivity contribution in [1.29, 1.82) is 0 Å². The van der Waals surface area contributed by atoms with Gasteiger partial charge in [-0.1, -0.05) is 26.0 Å². The van der Waals surface area contributed by atoms with Crippen LogP contribution in [0.4, 0.5) is 10.2 Å². The maximum absolute atomic E-state index is 12.9. The Morgan fingerprint density at radius 2 is 1.92 bits per heavy atom. The maximum atomic E-state index is 12.9. The number of benzene rings is 1. The van der Waals surface area contributed by atoms with E-state index in [1.807, 2.05) is 0 Å². The zero-order chi connectivity index (χ0) is 17.4. The lowest BCUT2D eigenvalue weighted by atomic mass is 10.1. The van der Waals surface area contributed by atoms with Gasteiger partial charge in [-0.15, -0.1) is 0 Å². The number of anilines is 1. The van der Waals surface area contributed by atoms with Crippen molar-refractivity contribution in [1.82, 2.24) is 15.3 Å². The molecule has 0 spiro atoms. The smallest absolute Gasteiger partial charge is 0.270 e. The first-order valence-corrected chi connectivity index (χ1v) is 8.13. The second kappa shape index (κ2) is 8.96. The van der Waals surface area contributed by atoms with E-state index in [0.717, 1.165) is 18.4 Å². The molecule has 1 aromatic heterocycles. The summed E-state index contributed by atoms with van der Waals surface area (Å²) in [6.45, 7) is 5.49. The fraction of sp³-hybridized carbons (Fsp3) is 0.389. The van der Waals surface area contributed by atoms with Gasteiger partial charge in [0.2, 0.25) is 0 Å². The summed E-state index contributed by atoms with van der Waals surface area (Å²) in [7, 11) is 0. The molecule has 1 aromatic carbocycles. The lowest BCUT2D eigenvalue weighted by Crippen LogP contribution is -2.26. The minimum atomic E-state index is -0.240. The number of amides is 1. The van der Waals surface area contributed by atoms with Gasteiger partial charge in [0.25, 0.3) is 5.91 Å². The van der Waals surface area contributed by atoms with Gasteiger partial charge in [0, 0.05) is 19.2 Å². The lowest BCUT2D eigenvalue weighted by molar-refractivity contribution is 0.0947. The normalized spacial score (nSPS) is 10.7. The summed E-state index contributed by atoms with van der Waals surface area (Å²) in [4.78, 5) is 20.2. The molecule has 0 aliphatic carbocycles. The van der Waals surface area contributed by atoms with Gasteiger partial charge in [0.1, 0.15) is 23.7 Å². The minimum absolute atomic E-state index is 0.195. The Balaban J connectivity index is 1.83. The Morgan fingerprint density at radius 3 is 2.62 bits per heavy atom. The van der Waals surface area contributed by atoms with Crippen LogP contribution < -0.4 is 10.6 Å². The molecule has 24 heavy (non-hydrogen) atoms. The number of halogens is 1. The molecule has 1 amide bonds. The monoisotopic (exact) mass is 330 g/mol. The van der Waals surface area contributed by atoms with Gasteiger partial charge >= 0.3 is 0 Å². The van der Waals surface area contributed by atoms with Gasteiger partial charge in [0.05, 0.1) is 0 Å². The highest BCUT2D eigenvalue weighted by Crippen LogP contribution is 2.07. The van der Waals surface area contributed by atoms with E-state index in [-0.39, 0.29) is 11.7 Å². The van der Waals surface area contributed by atoms with E-state index in [4.69, 9.17) is 0 Å². The van der Waals surface area contributed by atoms with Crippen molar-refractivity contribution in [3.05, 3.63) is 53.7 Å². The predicted octanol–water partition coefficient (Wildman–Crippen LogP) is 3.05. The molecule has 0 aliphatic heterocycles. The highest BCUT2D eigenvalue weighted by Gasteiger charge is 2.08. The third-order valence-electron chi connectivity index (χ3n) is 3.54. The summed E-state index contributed by atoms with van der Waals surface area (Å²) in [5.41, 5.74) is 1.38. The first-order chi connectivity index (χ1) is 11.5. The van der Waals surface area contributed by atoms with Gasteiger partial charge in [-0.2, -0.15) is 0 Å². The van der Waals surface area contributed by atoms with E-state index in [0.29, 0.717) is 30.5 Å². The Morgan fingerprint density at radius 1 is 1.17 bits per heavy atom. The molecule has 0 bridgehead atoms. The molecule has 128 valence electrons. The molecule has 0 saturated heterocycles. The van der Waals surface area contributed by atoms with Gasteiger partial charge in [-0.05, 0) is 36.5 Å². The van der Waals surface area contributed by atoms with Gasteiger partial charge in [0.15, 0.2) is 0 Å². The average Bonchev–Trinajstić information content (AvgIpc) is 2.56. The van der Waals surface area contributed by atoms with E-state index in [2.05, 4.69) is 34.4 Å². The predicted molar refractivity (Wildman–Crippen MR) is 92.4 cm³/mol. The van der Waals surface area contributed by atoms with Crippen LogP contribution in [-0.2, 0) is 6.42 Å². The van der Waals surface area contributed by atoms with Crippen molar-refractivity contribution in [3.8, 4) is 0 Å². The summed E-state index contributed by atoms with van der Waals surface area (Å²) < 4.78 is 12.9. The van der Waals surface area contributed by atoms with Crippen LogP contribution in [0.3, 0.4) is 0 Å². The molecule has 2 aromatic rings. The Kier molecular flexibility index (Phi) is 6.66. The van der Waals surface area contributed by atoms with E-state index in [1.165, 1.54) is 18.5 Å². The average molecular weight is 330 g/mol. The van der Waals surface area contributed by atoms with Gasteiger partial charge < -0.3 is 10.6 Å². The quantitative estimate of drug-likeness (QED) is 0.781. The molecule has 0 saturated carbocycles. The molecule has 6 heteroatoms. The minimum Gasteiger partial charge on any atom is -0.370 e. The number of carbonyl (C=O) groups excluding carboxylic acids is 1. The van der Waals surface area contributed by atoms with Crippen LogP contribution >= 0.6 is 0 Å². The molecule has 2 rings (SSSR count). The summed E-state index contributed by atoms with van der Waals surface area (Å²) >= 11 is 0. The summed E-state index contributed by atoms with van der Waals surface area (Å²) in [6, 6.07) is 8.03. The fourth-order valence-electron chi connectivity index (χ4n) is 2.13. The lowest BCUT2D eigenvalue weighted by Gasteiger charge is -2.08. The van der Waals surface area contributed by atoms with E-state index in [9.17, 15) is 9.18 Å². The second-order valence-corrected chi connectivity index (χ2v) is 6.03. The van der Waals surface area contributed by atoms with Gasteiger partial charge in [-0.25, -0.2) is 14.4 Å². The summed E-state index contributed by atoms with van der Waals surface area (Å²) in [5.74, 6) is 0.704. The van der Waals surface area contributed by atoms with Crippen molar-refractivity contribution < 1.29 is 9.18 Å².